The van der Waals surface area contributed by atoms with Gasteiger partial charge in [0.05, 0.1) is 0 Å². The summed E-state index contributed by atoms with van der Waals surface area (Å²) in [4.78, 5) is 11.8. The molecule has 1 aliphatic rings. The summed E-state index contributed by atoms with van der Waals surface area (Å²) in [5, 5.41) is 0. The van der Waals surface area contributed by atoms with E-state index in [0.29, 0.717) is 12.2 Å². The van der Waals surface area contributed by atoms with Crippen LogP contribution in [0.1, 0.15) is 55.1 Å². The van der Waals surface area contributed by atoms with Crippen molar-refractivity contribution in [3.8, 4) is 0 Å². The van der Waals surface area contributed by atoms with Crippen LogP contribution in [0.3, 0.4) is 0 Å². The molecule has 0 radical (unpaired) electrons. The fourth-order valence-electron chi connectivity index (χ4n) is 2.33. The number of hydrogen-bond acceptors (Lipinski definition) is 1. The van der Waals surface area contributed by atoms with Crippen LogP contribution in [0.25, 0.3) is 0 Å². The van der Waals surface area contributed by atoms with Gasteiger partial charge >= 0.3 is 0 Å². The Kier molecular flexibility index (Phi) is 2.41. The second-order valence-corrected chi connectivity index (χ2v) is 5.04. The number of ketones is 1. The van der Waals surface area contributed by atoms with Gasteiger partial charge in [0.15, 0.2) is 5.78 Å². The molecule has 0 bridgehead atoms. The molecular formula is C14H18O. The van der Waals surface area contributed by atoms with E-state index in [-0.39, 0.29) is 5.41 Å². The zero-order valence-electron chi connectivity index (χ0n) is 9.76. The number of hydrogen-bond donors (Lipinski definition) is 0. The lowest BCUT2D eigenvalue weighted by Crippen LogP contribution is -2.27. The highest BCUT2D eigenvalue weighted by molar-refractivity contribution is 5.99. The van der Waals surface area contributed by atoms with Gasteiger partial charge in [0.2, 0.25) is 0 Å². The molecule has 0 aromatic heterocycles. The van der Waals surface area contributed by atoms with E-state index in [1.807, 2.05) is 0 Å². The minimum atomic E-state index is 0.162. The third-order valence-electron chi connectivity index (χ3n) is 3.50. The quantitative estimate of drug-likeness (QED) is 0.681. The minimum Gasteiger partial charge on any atom is -0.294 e. The lowest BCUT2D eigenvalue weighted by Gasteiger charge is -2.31. The van der Waals surface area contributed by atoms with Gasteiger partial charge in [-0.15, -0.1) is 0 Å². The molecule has 0 spiro atoms. The van der Waals surface area contributed by atoms with E-state index >= 15 is 0 Å². The molecule has 0 saturated heterocycles. The first-order valence-electron chi connectivity index (χ1n) is 5.71. The van der Waals surface area contributed by atoms with Gasteiger partial charge in [0.25, 0.3) is 0 Å². The van der Waals surface area contributed by atoms with Crippen molar-refractivity contribution in [1.29, 1.82) is 0 Å². The van der Waals surface area contributed by atoms with Crippen molar-refractivity contribution in [2.75, 3.05) is 0 Å². The Labute approximate surface area is 91.5 Å². The molecule has 0 heterocycles. The van der Waals surface area contributed by atoms with Gasteiger partial charge in [-0.3, -0.25) is 4.79 Å². The molecule has 0 aliphatic heterocycles. The maximum Gasteiger partial charge on any atom is 0.163 e. The lowest BCUT2D eigenvalue weighted by atomic mass is 9.72. The summed E-state index contributed by atoms with van der Waals surface area (Å²) in [6, 6.07) is 6.38. The maximum absolute atomic E-state index is 11.8. The average Bonchev–Trinajstić information content (AvgIpc) is 2.23. The van der Waals surface area contributed by atoms with Gasteiger partial charge in [-0.25, -0.2) is 0 Å². The molecule has 80 valence electrons. The van der Waals surface area contributed by atoms with Crippen LogP contribution < -0.4 is 0 Å². The fourth-order valence-corrected chi connectivity index (χ4v) is 2.33. The summed E-state index contributed by atoms with van der Waals surface area (Å²) >= 11 is 0. The highest BCUT2D eigenvalue weighted by Crippen LogP contribution is 2.36. The summed E-state index contributed by atoms with van der Waals surface area (Å²) in [6.07, 6.45) is 2.68. The van der Waals surface area contributed by atoms with E-state index in [2.05, 4.69) is 39.0 Å². The predicted octanol–water partition coefficient (Wildman–Crippen LogP) is 3.50. The zero-order valence-corrected chi connectivity index (χ0v) is 9.76. The van der Waals surface area contributed by atoms with Crippen LogP contribution >= 0.6 is 0 Å². The topological polar surface area (TPSA) is 17.1 Å². The second-order valence-electron chi connectivity index (χ2n) is 5.04. The van der Waals surface area contributed by atoms with Gasteiger partial charge < -0.3 is 0 Å². The molecule has 0 fully saturated rings. The number of carbonyl (C=O) groups excluding carboxylic acids is 1. The van der Waals surface area contributed by atoms with Crippen molar-refractivity contribution < 1.29 is 4.79 Å². The summed E-state index contributed by atoms with van der Waals surface area (Å²) in [5.41, 5.74) is 3.62. The van der Waals surface area contributed by atoms with Crippen molar-refractivity contribution in [3.63, 3.8) is 0 Å². The Balaban J connectivity index is 2.57. The lowest BCUT2D eigenvalue weighted by molar-refractivity contribution is 0.0956. The number of fused-ring (bicyclic) bond motifs is 1. The van der Waals surface area contributed by atoms with E-state index in [0.717, 1.165) is 18.4 Å². The molecule has 0 amide bonds. The zero-order chi connectivity index (χ0) is 11.1. The van der Waals surface area contributed by atoms with Gasteiger partial charge in [-0.05, 0) is 35.4 Å². The Morgan fingerprint density at radius 2 is 2.07 bits per heavy atom. The van der Waals surface area contributed by atoms with E-state index in [9.17, 15) is 4.79 Å². The van der Waals surface area contributed by atoms with Crippen LogP contribution in [-0.2, 0) is 11.8 Å². The van der Waals surface area contributed by atoms with Gasteiger partial charge in [-0.2, -0.15) is 0 Å². The largest absolute Gasteiger partial charge is 0.294 e. The fraction of sp³-hybridized carbons (Fsp3) is 0.500. The molecular weight excluding hydrogens is 184 g/mol. The van der Waals surface area contributed by atoms with Crippen molar-refractivity contribution in [2.45, 2.75) is 45.4 Å². The summed E-state index contributed by atoms with van der Waals surface area (Å²) in [6.45, 7) is 6.58. The van der Waals surface area contributed by atoms with Crippen molar-refractivity contribution in [3.05, 3.63) is 34.9 Å². The Morgan fingerprint density at radius 1 is 1.33 bits per heavy atom. The number of benzene rings is 1. The van der Waals surface area contributed by atoms with Crippen LogP contribution in [0.5, 0.6) is 0 Å². The monoisotopic (exact) mass is 202 g/mol. The molecule has 0 unspecified atom stereocenters. The first kappa shape index (κ1) is 10.4. The molecule has 0 atom stereocenters. The van der Waals surface area contributed by atoms with Crippen LogP contribution in [0, 0.1) is 0 Å². The number of aryl methyl sites for hydroxylation is 1. The first-order chi connectivity index (χ1) is 7.04. The number of rotatable bonds is 1. The summed E-state index contributed by atoms with van der Waals surface area (Å²) in [5.74, 6) is 0.319. The molecule has 1 heteroatoms. The molecule has 1 aromatic carbocycles. The minimum absolute atomic E-state index is 0.162. The molecule has 1 aliphatic carbocycles. The van der Waals surface area contributed by atoms with Gasteiger partial charge in [0.1, 0.15) is 0 Å². The Bertz CT molecular complexity index is 402. The smallest absolute Gasteiger partial charge is 0.163 e. The third-order valence-corrected chi connectivity index (χ3v) is 3.50. The van der Waals surface area contributed by atoms with Gasteiger partial charge in [-0.1, -0.05) is 32.9 Å². The third kappa shape index (κ3) is 1.71. The van der Waals surface area contributed by atoms with Crippen LogP contribution in [0.4, 0.5) is 0 Å². The molecule has 0 saturated carbocycles. The van der Waals surface area contributed by atoms with Crippen LogP contribution in [0.15, 0.2) is 18.2 Å². The highest BCUT2D eigenvalue weighted by Gasteiger charge is 2.31. The highest BCUT2D eigenvalue weighted by atomic mass is 16.1. The van der Waals surface area contributed by atoms with E-state index in [1.165, 1.54) is 11.1 Å². The van der Waals surface area contributed by atoms with E-state index in [4.69, 9.17) is 0 Å². The number of carbonyl (C=O) groups is 1. The standard InChI is InChI=1S/C14H18O/c1-4-10-5-6-12-11(9-10)13(15)7-8-14(12,2)3/h5-6,9H,4,7-8H2,1-3H3. The summed E-state index contributed by atoms with van der Waals surface area (Å²) < 4.78 is 0. The molecule has 1 nitrogen and oxygen atoms in total. The van der Waals surface area contributed by atoms with E-state index in [1.54, 1.807) is 0 Å². The normalized spacial score (nSPS) is 18.7. The molecule has 15 heavy (non-hydrogen) atoms. The average molecular weight is 202 g/mol. The molecule has 1 aromatic rings. The van der Waals surface area contributed by atoms with Crippen LogP contribution in [0.2, 0.25) is 0 Å². The van der Waals surface area contributed by atoms with Gasteiger partial charge in [0, 0.05) is 12.0 Å². The number of Topliss-reactive ketones (excluding diaryl/α,β-unsaturated/α-hetero) is 1. The first-order valence-corrected chi connectivity index (χ1v) is 5.71. The SMILES string of the molecule is CCc1ccc2c(c1)C(=O)CCC2(C)C. The van der Waals surface area contributed by atoms with Crippen molar-refractivity contribution >= 4 is 5.78 Å². The van der Waals surface area contributed by atoms with E-state index < -0.39 is 0 Å². The molecule has 0 N–H and O–H groups in total. The second kappa shape index (κ2) is 3.48. The predicted molar refractivity (Wildman–Crippen MR) is 62.4 cm³/mol. The Morgan fingerprint density at radius 3 is 2.73 bits per heavy atom. The Hall–Kier alpha value is -1.11. The summed E-state index contributed by atoms with van der Waals surface area (Å²) in [7, 11) is 0. The maximum atomic E-state index is 11.8. The van der Waals surface area contributed by atoms with Crippen molar-refractivity contribution in [2.24, 2.45) is 0 Å². The van der Waals surface area contributed by atoms with Crippen molar-refractivity contribution in [1.82, 2.24) is 0 Å². The van der Waals surface area contributed by atoms with Crippen LogP contribution in [-0.4, -0.2) is 5.78 Å². The molecule has 2 rings (SSSR count).